The van der Waals surface area contributed by atoms with E-state index >= 15 is 0 Å². The lowest BCUT2D eigenvalue weighted by Crippen LogP contribution is -2.22. The first-order valence-electron chi connectivity index (χ1n) is 8.07. The maximum absolute atomic E-state index is 12.4. The molecule has 4 nitrogen and oxygen atoms in total. The number of hydrogen-bond donors (Lipinski definition) is 2. The number of nitrogens with zero attached hydrogens (tertiary/aromatic N) is 1. The fraction of sp³-hybridized carbons (Fsp3) is 0.100. The van der Waals surface area contributed by atoms with Gasteiger partial charge in [-0.15, -0.1) is 0 Å². The number of aryl methyl sites for hydroxylation is 1. The zero-order valence-electron chi connectivity index (χ0n) is 14.2. The number of carbonyl (C=O) groups excluding carboxylic acids is 1. The standard InChI is InChI=1S/C20H18ClN3OS/c1-14-4-6-19(7-5-14)26-24-18-10-16(9-17(21)11-18)20(25)23-13-15-3-2-8-22-12-15/h2-12,24H,13H2,1H3,(H,23,25). The highest BCUT2D eigenvalue weighted by Crippen LogP contribution is 2.25. The van der Waals surface area contributed by atoms with Crippen molar-refractivity contribution in [3.8, 4) is 0 Å². The minimum Gasteiger partial charge on any atom is -0.348 e. The first-order valence-corrected chi connectivity index (χ1v) is 9.27. The van der Waals surface area contributed by atoms with Gasteiger partial charge in [0.15, 0.2) is 0 Å². The third kappa shape index (κ3) is 5.25. The Labute approximate surface area is 162 Å². The SMILES string of the molecule is Cc1ccc(SNc2cc(Cl)cc(C(=O)NCc3cccnc3)c2)cc1. The second kappa shape index (κ2) is 8.74. The third-order valence-corrected chi connectivity index (χ3v) is 4.71. The smallest absolute Gasteiger partial charge is 0.251 e. The van der Waals surface area contributed by atoms with Crippen LogP contribution in [0, 0.1) is 6.92 Å². The lowest BCUT2D eigenvalue weighted by Gasteiger charge is -2.10. The van der Waals surface area contributed by atoms with E-state index in [1.54, 1.807) is 30.6 Å². The molecule has 3 aromatic rings. The molecule has 6 heteroatoms. The summed E-state index contributed by atoms with van der Waals surface area (Å²) in [6, 6.07) is 17.2. The first kappa shape index (κ1) is 18.3. The average Bonchev–Trinajstić information content (AvgIpc) is 2.66. The van der Waals surface area contributed by atoms with E-state index in [0.29, 0.717) is 17.1 Å². The number of hydrogen-bond acceptors (Lipinski definition) is 4. The van der Waals surface area contributed by atoms with E-state index in [1.807, 2.05) is 24.3 Å². The van der Waals surface area contributed by atoms with Crippen LogP contribution in [0.5, 0.6) is 0 Å². The van der Waals surface area contributed by atoms with Crippen LogP contribution in [-0.4, -0.2) is 10.9 Å². The number of amides is 1. The third-order valence-electron chi connectivity index (χ3n) is 3.64. The molecule has 2 aromatic carbocycles. The van der Waals surface area contributed by atoms with Gasteiger partial charge in [-0.25, -0.2) is 0 Å². The van der Waals surface area contributed by atoms with Gasteiger partial charge in [0.1, 0.15) is 0 Å². The lowest BCUT2D eigenvalue weighted by atomic mass is 10.2. The van der Waals surface area contributed by atoms with Crippen molar-refractivity contribution in [2.75, 3.05) is 4.72 Å². The second-order valence-corrected chi connectivity index (χ2v) is 7.11. The molecule has 0 aliphatic heterocycles. The van der Waals surface area contributed by atoms with Crippen LogP contribution in [0.3, 0.4) is 0 Å². The molecule has 0 aliphatic carbocycles. The van der Waals surface area contributed by atoms with Gasteiger partial charge in [0, 0.05) is 40.1 Å². The van der Waals surface area contributed by atoms with Crippen molar-refractivity contribution in [1.29, 1.82) is 0 Å². The van der Waals surface area contributed by atoms with Crippen molar-refractivity contribution in [3.63, 3.8) is 0 Å². The molecule has 0 fully saturated rings. The van der Waals surface area contributed by atoms with Gasteiger partial charge >= 0.3 is 0 Å². The molecule has 1 heterocycles. The van der Waals surface area contributed by atoms with Crippen molar-refractivity contribution < 1.29 is 4.79 Å². The Morgan fingerprint density at radius 1 is 1.15 bits per heavy atom. The molecule has 0 saturated carbocycles. The van der Waals surface area contributed by atoms with E-state index in [4.69, 9.17) is 11.6 Å². The number of carbonyl (C=O) groups is 1. The Bertz CT molecular complexity index is 885. The number of aromatic nitrogens is 1. The zero-order chi connectivity index (χ0) is 18.4. The monoisotopic (exact) mass is 383 g/mol. The van der Waals surface area contributed by atoms with Gasteiger partial charge in [0.25, 0.3) is 5.91 Å². The summed E-state index contributed by atoms with van der Waals surface area (Å²) in [6.45, 7) is 2.47. The lowest BCUT2D eigenvalue weighted by molar-refractivity contribution is 0.0951. The predicted octanol–water partition coefficient (Wildman–Crippen LogP) is 5.09. The molecule has 132 valence electrons. The van der Waals surface area contributed by atoms with E-state index in [0.717, 1.165) is 16.1 Å². The molecule has 1 amide bonds. The summed E-state index contributed by atoms with van der Waals surface area (Å²) >= 11 is 7.65. The first-order chi connectivity index (χ1) is 12.6. The van der Waals surface area contributed by atoms with E-state index < -0.39 is 0 Å². The second-order valence-electron chi connectivity index (χ2n) is 5.79. The van der Waals surface area contributed by atoms with Gasteiger partial charge in [-0.05, 0) is 60.8 Å². The Kier molecular flexibility index (Phi) is 6.15. The van der Waals surface area contributed by atoms with E-state index in [-0.39, 0.29) is 5.91 Å². The molecule has 3 rings (SSSR count). The molecule has 0 spiro atoms. The van der Waals surface area contributed by atoms with Gasteiger partial charge in [-0.3, -0.25) is 9.78 Å². The largest absolute Gasteiger partial charge is 0.348 e. The Morgan fingerprint density at radius 3 is 2.69 bits per heavy atom. The summed E-state index contributed by atoms with van der Waals surface area (Å²) in [7, 11) is 0. The number of benzene rings is 2. The summed E-state index contributed by atoms with van der Waals surface area (Å²) in [5.41, 5.74) is 3.43. The van der Waals surface area contributed by atoms with Crippen LogP contribution >= 0.6 is 23.5 Å². The number of pyridine rings is 1. The molecule has 2 N–H and O–H groups in total. The van der Waals surface area contributed by atoms with Crippen LogP contribution in [0.1, 0.15) is 21.5 Å². The Morgan fingerprint density at radius 2 is 1.96 bits per heavy atom. The molecule has 1 aromatic heterocycles. The van der Waals surface area contributed by atoms with Crippen LogP contribution in [-0.2, 0) is 6.54 Å². The number of nitrogens with one attached hydrogen (secondary N) is 2. The minimum absolute atomic E-state index is 0.181. The maximum Gasteiger partial charge on any atom is 0.251 e. The van der Waals surface area contributed by atoms with Crippen LogP contribution in [0.2, 0.25) is 5.02 Å². The molecule has 0 aliphatic rings. The van der Waals surface area contributed by atoms with Gasteiger partial charge in [-0.2, -0.15) is 0 Å². The van der Waals surface area contributed by atoms with Crippen LogP contribution in [0.25, 0.3) is 0 Å². The van der Waals surface area contributed by atoms with Gasteiger partial charge in [0.2, 0.25) is 0 Å². The average molecular weight is 384 g/mol. The summed E-state index contributed by atoms with van der Waals surface area (Å²) in [5, 5.41) is 3.38. The number of halogens is 1. The van der Waals surface area contributed by atoms with Gasteiger partial charge in [-0.1, -0.05) is 35.4 Å². The van der Waals surface area contributed by atoms with Crippen LogP contribution < -0.4 is 10.0 Å². The molecular formula is C20H18ClN3OS. The van der Waals surface area contributed by atoms with Crippen molar-refractivity contribution >= 4 is 35.1 Å². The summed E-state index contributed by atoms with van der Waals surface area (Å²) in [5.74, 6) is -0.181. The maximum atomic E-state index is 12.4. The molecule has 0 bridgehead atoms. The normalized spacial score (nSPS) is 10.4. The number of anilines is 1. The Hall–Kier alpha value is -2.50. The van der Waals surface area contributed by atoms with E-state index in [2.05, 4.69) is 34.1 Å². The Balaban J connectivity index is 1.64. The minimum atomic E-state index is -0.181. The summed E-state index contributed by atoms with van der Waals surface area (Å²) in [4.78, 5) is 17.5. The highest BCUT2D eigenvalue weighted by Gasteiger charge is 2.09. The fourth-order valence-corrected chi connectivity index (χ4v) is 3.15. The summed E-state index contributed by atoms with van der Waals surface area (Å²) < 4.78 is 3.23. The van der Waals surface area contributed by atoms with E-state index in [9.17, 15) is 4.79 Å². The van der Waals surface area contributed by atoms with Crippen LogP contribution in [0.15, 0.2) is 71.9 Å². The van der Waals surface area contributed by atoms with Crippen molar-refractivity contribution in [3.05, 3.63) is 88.7 Å². The molecular weight excluding hydrogens is 366 g/mol. The number of rotatable bonds is 6. The van der Waals surface area contributed by atoms with Crippen molar-refractivity contribution in [2.45, 2.75) is 18.4 Å². The quantitative estimate of drug-likeness (QED) is 0.582. The highest BCUT2D eigenvalue weighted by atomic mass is 35.5. The van der Waals surface area contributed by atoms with Crippen LogP contribution in [0.4, 0.5) is 5.69 Å². The molecule has 0 unspecified atom stereocenters. The molecule has 0 saturated heterocycles. The van der Waals surface area contributed by atoms with Gasteiger partial charge in [0.05, 0.1) is 0 Å². The molecule has 26 heavy (non-hydrogen) atoms. The van der Waals surface area contributed by atoms with Crippen molar-refractivity contribution in [1.82, 2.24) is 10.3 Å². The topological polar surface area (TPSA) is 54.0 Å². The molecule has 0 radical (unpaired) electrons. The predicted molar refractivity (Wildman–Crippen MR) is 108 cm³/mol. The fourth-order valence-electron chi connectivity index (χ4n) is 2.29. The van der Waals surface area contributed by atoms with Gasteiger partial charge < -0.3 is 10.0 Å². The zero-order valence-corrected chi connectivity index (χ0v) is 15.8. The van der Waals surface area contributed by atoms with Crippen molar-refractivity contribution in [2.24, 2.45) is 0 Å². The highest BCUT2D eigenvalue weighted by molar-refractivity contribution is 8.00. The van der Waals surface area contributed by atoms with E-state index in [1.165, 1.54) is 17.5 Å². The summed E-state index contributed by atoms with van der Waals surface area (Å²) in [6.07, 6.45) is 3.43. The molecule has 0 atom stereocenters.